The van der Waals surface area contributed by atoms with E-state index in [0.717, 1.165) is 0 Å². The van der Waals surface area contributed by atoms with E-state index in [1.54, 1.807) is 0 Å². The van der Waals surface area contributed by atoms with Crippen LogP contribution < -0.4 is 0 Å². The van der Waals surface area contributed by atoms with Crippen LogP contribution in [0.1, 0.15) is 7.43 Å². The zero-order chi connectivity index (χ0) is 15.5. The van der Waals surface area contributed by atoms with Gasteiger partial charge in [-0.1, -0.05) is 7.43 Å². The summed E-state index contributed by atoms with van der Waals surface area (Å²) in [5.74, 6) is 0. The first-order valence-corrected chi connectivity index (χ1v) is 3.13. The quantitative estimate of drug-likeness (QED) is 0.709. The Kier molecular flexibility index (Phi) is 1290. The Hall–Kier alpha value is -1.62. The standard InChI is InChI=1S/C4H5N.6CHN.CH4.Fe.K.H/c1-2-4-5-3-1;6*1-2;;;;/h1-5H;6*1H;1H4;;;. The number of nitrogens with zero attached hydrogens (tertiary/aromatic N) is 6. The average molecular weight is 341 g/mol. The minimum Gasteiger partial charge on any atom is -0.368 e. The maximum Gasteiger partial charge on any atom is 0.000496 e. The van der Waals surface area contributed by atoms with Crippen LogP contribution in [0.4, 0.5) is 0 Å². The summed E-state index contributed by atoms with van der Waals surface area (Å²) in [6.45, 7) is 21.0. The summed E-state index contributed by atoms with van der Waals surface area (Å²) >= 11 is 0. The normalized spacial score (nSPS) is 2.60. The first-order chi connectivity index (χ1) is 8.50. The molecule has 0 radical (unpaired) electrons. The average Bonchev–Trinajstić information content (AvgIpc) is 3.10. The Morgan fingerprint density at radius 1 is 0.550 bits per heavy atom. The molecule has 1 rings (SSSR count). The molecule has 0 aliphatic heterocycles. The van der Waals surface area contributed by atoms with E-state index in [9.17, 15) is 0 Å². The number of hydrogen-bond acceptors (Lipinski definition) is 6. The van der Waals surface area contributed by atoms with E-state index in [1.807, 2.05) is 24.5 Å². The maximum atomic E-state index is 6.50. The smallest absolute Gasteiger partial charge is 0.000496 e. The van der Waals surface area contributed by atoms with Gasteiger partial charge in [-0.2, -0.15) is 0 Å². The molecule has 1 heterocycles. The third-order valence-corrected chi connectivity index (χ3v) is 0.496. The van der Waals surface area contributed by atoms with Crippen LogP contribution in [-0.4, -0.2) is 56.4 Å². The maximum absolute atomic E-state index is 6.50. The molecule has 0 aliphatic carbocycles. The van der Waals surface area contributed by atoms with Gasteiger partial charge in [0.25, 0.3) is 0 Å². The van der Waals surface area contributed by atoms with E-state index in [2.05, 4.69) is 44.4 Å². The van der Waals surface area contributed by atoms with Gasteiger partial charge >= 0.3 is 51.4 Å². The molecule has 7 nitrogen and oxygen atoms in total. The van der Waals surface area contributed by atoms with Gasteiger partial charge in [0.2, 0.25) is 0 Å². The second-order valence-corrected chi connectivity index (χ2v) is 0.885. The summed E-state index contributed by atoms with van der Waals surface area (Å²) in [6, 6.07) is 3.89. The zero-order valence-electron chi connectivity index (χ0n) is 9.31. The van der Waals surface area contributed by atoms with E-state index in [0.29, 0.717) is 0 Å². The molecule has 104 valence electrons. The van der Waals surface area contributed by atoms with Crippen LogP contribution >= 0.6 is 0 Å². The van der Waals surface area contributed by atoms with Gasteiger partial charge in [-0.05, 0) is 12.1 Å². The van der Waals surface area contributed by atoms with Crippen molar-refractivity contribution >= 4 is 51.4 Å². The van der Waals surface area contributed by atoms with E-state index >= 15 is 0 Å². The van der Waals surface area contributed by atoms with Crippen LogP contribution in [-0.2, 0) is 17.1 Å². The van der Waals surface area contributed by atoms with Gasteiger partial charge in [-0.25, -0.2) is 31.6 Å². The first kappa shape index (κ1) is 63.1. The summed E-state index contributed by atoms with van der Waals surface area (Å²) in [5.41, 5.74) is 0. The molecular formula is C11H16FeKN7. The number of aromatic nitrogens is 1. The number of aromatic amines is 1. The third kappa shape index (κ3) is 340. The number of nitriles is 6. The molecule has 0 unspecified atom stereocenters. The van der Waals surface area contributed by atoms with Crippen LogP contribution in [0.3, 0.4) is 0 Å². The van der Waals surface area contributed by atoms with Crippen molar-refractivity contribution in [2.75, 3.05) is 0 Å². The number of hydrogen-bond donors (Lipinski definition) is 1. The molecule has 0 fully saturated rings. The van der Waals surface area contributed by atoms with Crippen molar-refractivity contribution in [3.05, 3.63) is 24.5 Å². The third-order valence-electron chi connectivity index (χ3n) is 0.496. The van der Waals surface area contributed by atoms with Gasteiger partial charge < -0.3 is 4.98 Å². The molecule has 9 heteroatoms. The van der Waals surface area contributed by atoms with Gasteiger partial charge in [-0.15, -0.1) is 0 Å². The van der Waals surface area contributed by atoms with Gasteiger partial charge in [0.1, 0.15) is 0 Å². The number of H-pyrrole nitrogens is 1. The predicted octanol–water partition coefficient (Wildman–Crippen LogP) is 1.84. The van der Waals surface area contributed by atoms with Crippen LogP contribution in [0.2, 0.25) is 0 Å². The SMILES string of the molecule is C.C#N.C#N.C#N.C#N.C#N.C#N.[Fe].[KH].c1cc[nH]c1. The van der Waals surface area contributed by atoms with Crippen LogP contribution in [0, 0.1) is 71.0 Å². The van der Waals surface area contributed by atoms with Crippen molar-refractivity contribution in [2.45, 2.75) is 7.43 Å². The summed E-state index contributed by atoms with van der Waals surface area (Å²) < 4.78 is 0. The molecule has 0 saturated heterocycles. The Morgan fingerprint density at radius 3 is 0.750 bits per heavy atom. The second kappa shape index (κ2) is 409. The van der Waals surface area contributed by atoms with Crippen molar-refractivity contribution in [1.82, 2.24) is 4.98 Å². The fraction of sp³-hybridized carbons (Fsp3) is 0.0909. The molecule has 0 aliphatic rings. The van der Waals surface area contributed by atoms with Crippen molar-refractivity contribution in [3.63, 3.8) is 0 Å². The molecule has 20 heavy (non-hydrogen) atoms. The largest absolute Gasteiger partial charge is 0.368 e. The zero-order valence-corrected chi connectivity index (χ0v) is 10.4. The van der Waals surface area contributed by atoms with Crippen molar-refractivity contribution in [3.8, 4) is 39.4 Å². The van der Waals surface area contributed by atoms with E-state index in [4.69, 9.17) is 31.6 Å². The van der Waals surface area contributed by atoms with Crippen molar-refractivity contribution in [1.29, 1.82) is 31.6 Å². The topological polar surface area (TPSA) is 159 Å². The number of nitrogens with one attached hydrogen (secondary N) is 1. The fourth-order valence-electron chi connectivity index (χ4n) is 0.278. The monoisotopic (exact) mass is 341 g/mol. The second-order valence-electron chi connectivity index (χ2n) is 0.885. The molecule has 0 bridgehead atoms. The van der Waals surface area contributed by atoms with Gasteiger partial charge in [0.05, 0.1) is 0 Å². The summed E-state index contributed by atoms with van der Waals surface area (Å²) in [4.78, 5) is 2.86. The van der Waals surface area contributed by atoms with E-state index in [1.165, 1.54) is 0 Å². The summed E-state index contributed by atoms with van der Waals surface area (Å²) in [7, 11) is 0. The Bertz CT molecular complexity index is 221. The Balaban J connectivity index is -0.0000000105. The van der Waals surface area contributed by atoms with Gasteiger partial charge in [-0.3, -0.25) is 0 Å². The molecule has 0 saturated carbocycles. The summed E-state index contributed by atoms with van der Waals surface area (Å²) in [6.07, 6.45) is 3.75. The molecule has 0 atom stereocenters. The Morgan fingerprint density at radius 2 is 0.700 bits per heavy atom. The van der Waals surface area contributed by atoms with E-state index < -0.39 is 0 Å². The molecule has 1 N–H and O–H groups in total. The van der Waals surface area contributed by atoms with Crippen molar-refractivity contribution in [2.24, 2.45) is 0 Å². The van der Waals surface area contributed by atoms with Gasteiger partial charge in [0.15, 0.2) is 0 Å². The molecule has 0 spiro atoms. The summed E-state index contributed by atoms with van der Waals surface area (Å²) in [5, 5.41) is 39.0. The van der Waals surface area contributed by atoms with Crippen molar-refractivity contribution < 1.29 is 17.1 Å². The van der Waals surface area contributed by atoms with Gasteiger partial charge in [0, 0.05) is 68.9 Å². The predicted molar refractivity (Wildman–Crippen MR) is 74.7 cm³/mol. The number of rotatable bonds is 0. The minimum absolute atomic E-state index is 0. The van der Waals surface area contributed by atoms with Crippen LogP contribution in [0.15, 0.2) is 24.5 Å². The van der Waals surface area contributed by atoms with E-state index in [-0.39, 0.29) is 75.9 Å². The molecule has 1 aromatic heterocycles. The fourth-order valence-corrected chi connectivity index (χ4v) is 0.278. The first-order valence-electron chi connectivity index (χ1n) is 3.13. The molecule has 1 aromatic rings. The van der Waals surface area contributed by atoms with Crippen LogP contribution in [0.5, 0.6) is 0 Å². The molecule has 0 aromatic carbocycles. The molecule has 0 amide bonds. The van der Waals surface area contributed by atoms with Crippen LogP contribution in [0.25, 0.3) is 0 Å². The molecular weight excluding hydrogens is 325 g/mol. The minimum atomic E-state index is 0. The Labute approximate surface area is 174 Å².